The first-order valence-corrected chi connectivity index (χ1v) is 32.7. The molecule has 12 aromatic carbocycles. The van der Waals surface area contributed by atoms with Gasteiger partial charge in [-0.1, -0.05) is 283 Å². The van der Waals surface area contributed by atoms with Crippen LogP contribution in [-0.2, 0) is 21.7 Å². The Morgan fingerprint density at radius 1 is 0.239 bits per heavy atom. The van der Waals surface area contributed by atoms with Gasteiger partial charge in [-0.3, -0.25) is 0 Å². The molecule has 0 atom stereocenters. The summed E-state index contributed by atoms with van der Waals surface area (Å²) in [5.41, 5.74) is 26.9. The van der Waals surface area contributed by atoms with E-state index in [2.05, 4.69) is 370 Å². The van der Waals surface area contributed by atoms with Crippen LogP contribution in [0.1, 0.15) is 105 Å². The topological polar surface area (TPSA) is 33.9 Å². The van der Waals surface area contributed by atoms with Crippen molar-refractivity contribution in [2.24, 2.45) is 0 Å². The second-order valence-corrected chi connectivity index (χ2v) is 29.2. The molecule has 2 aromatic heterocycles. The molecule has 92 heavy (non-hydrogen) atoms. The van der Waals surface area contributed by atoms with Gasteiger partial charge in [0.2, 0.25) is 0 Å². The monoisotopic (exact) mass is 1190 g/mol. The number of aromatic nitrogens is 2. The SMILES string of the molecule is CC(C)(C)c1cc(-c2ccccc2-c2c(Nc3cccc(-n4c5ccccc5c5ccccc54)c3)cc(Nc3cccc(-n4c5ccccc5c5ccccc54)c3)c(-c3ccccc3-c3cc(C(C)(C)C)cc(C(C)(C)C)c3)c2-c2ccccc2)cc(C(C)(C)C)c1. The van der Waals surface area contributed by atoms with Gasteiger partial charge in [-0.15, -0.1) is 0 Å². The zero-order valence-corrected chi connectivity index (χ0v) is 55.3. The Morgan fingerprint density at radius 3 is 0.880 bits per heavy atom. The minimum Gasteiger partial charge on any atom is -0.355 e. The fourth-order valence-electron chi connectivity index (χ4n) is 13.7. The normalized spacial score (nSPS) is 12.3. The van der Waals surface area contributed by atoms with E-state index in [0.29, 0.717) is 0 Å². The first kappa shape index (κ1) is 59.5. The fourth-order valence-corrected chi connectivity index (χ4v) is 13.7. The molecular weight excluding hydrogens is 1110 g/mol. The Balaban J connectivity index is 1.10. The molecule has 0 fully saturated rings. The van der Waals surface area contributed by atoms with E-state index in [1.54, 1.807) is 0 Å². The number of para-hydroxylation sites is 4. The van der Waals surface area contributed by atoms with E-state index in [1.807, 2.05) is 0 Å². The molecule has 2 N–H and O–H groups in total. The van der Waals surface area contributed by atoms with Gasteiger partial charge in [0.05, 0.1) is 22.1 Å². The van der Waals surface area contributed by atoms with Gasteiger partial charge < -0.3 is 19.8 Å². The lowest BCUT2D eigenvalue weighted by Gasteiger charge is -2.29. The van der Waals surface area contributed by atoms with Crippen LogP contribution in [0.5, 0.6) is 0 Å². The molecular formula is C88H82N4. The lowest BCUT2D eigenvalue weighted by atomic mass is 9.77. The number of hydrogen-bond acceptors (Lipinski definition) is 2. The van der Waals surface area contributed by atoms with E-state index in [-0.39, 0.29) is 21.7 Å². The van der Waals surface area contributed by atoms with Crippen molar-refractivity contribution in [1.82, 2.24) is 9.13 Å². The molecule has 2 heterocycles. The Bertz CT molecular complexity index is 4670. The van der Waals surface area contributed by atoms with E-state index in [0.717, 1.165) is 78.6 Å². The quantitative estimate of drug-likeness (QED) is 0.135. The molecule has 0 aliphatic carbocycles. The highest BCUT2D eigenvalue weighted by Crippen LogP contribution is 2.54. The van der Waals surface area contributed by atoms with Crippen molar-refractivity contribution in [3.63, 3.8) is 0 Å². The van der Waals surface area contributed by atoms with Crippen LogP contribution in [0.4, 0.5) is 22.7 Å². The van der Waals surface area contributed by atoms with E-state index >= 15 is 0 Å². The summed E-state index contributed by atoms with van der Waals surface area (Å²) in [7, 11) is 0. The Kier molecular flexibility index (Phi) is 14.8. The molecule has 0 amide bonds. The summed E-state index contributed by atoms with van der Waals surface area (Å²) in [5, 5.41) is 13.4. The van der Waals surface area contributed by atoms with Crippen LogP contribution < -0.4 is 10.6 Å². The number of rotatable bonds is 11. The van der Waals surface area contributed by atoms with Crippen molar-refractivity contribution in [2.45, 2.75) is 105 Å². The zero-order chi connectivity index (χ0) is 63.8. The largest absolute Gasteiger partial charge is 0.355 e. The van der Waals surface area contributed by atoms with Crippen LogP contribution in [0, 0.1) is 0 Å². The molecule has 0 bridgehead atoms. The molecule has 14 aromatic rings. The summed E-state index contributed by atoms with van der Waals surface area (Å²) in [5.74, 6) is 0. The fraction of sp³-hybridized carbons (Fsp3) is 0.182. The van der Waals surface area contributed by atoms with Crippen LogP contribution in [-0.4, -0.2) is 9.13 Å². The van der Waals surface area contributed by atoms with Gasteiger partial charge in [-0.05, 0) is 150 Å². The summed E-state index contributed by atoms with van der Waals surface area (Å²) in [4.78, 5) is 0. The van der Waals surface area contributed by atoms with E-state index < -0.39 is 0 Å². The number of benzene rings is 12. The number of fused-ring (bicyclic) bond motifs is 6. The minimum absolute atomic E-state index is 0.103. The Hall–Kier alpha value is -10.2. The average molecular weight is 1200 g/mol. The third-order valence-electron chi connectivity index (χ3n) is 18.7. The second-order valence-electron chi connectivity index (χ2n) is 29.2. The van der Waals surface area contributed by atoms with Gasteiger partial charge in [-0.2, -0.15) is 0 Å². The van der Waals surface area contributed by atoms with Crippen molar-refractivity contribution in [3.8, 4) is 67.0 Å². The third-order valence-corrected chi connectivity index (χ3v) is 18.7. The van der Waals surface area contributed by atoms with Crippen molar-refractivity contribution < 1.29 is 0 Å². The van der Waals surface area contributed by atoms with Gasteiger partial charge >= 0.3 is 0 Å². The number of anilines is 4. The van der Waals surface area contributed by atoms with Crippen LogP contribution in [0.15, 0.2) is 267 Å². The lowest BCUT2D eigenvalue weighted by Crippen LogP contribution is -2.16. The molecule has 0 aliphatic heterocycles. The van der Waals surface area contributed by atoms with Crippen LogP contribution >= 0.6 is 0 Å². The third kappa shape index (κ3) is 11.1. The summed E-state index contributed by atoms with van der Waals surface area (Å²) < 4.78 is 4.82. The van der Waals surface area contributed by atoms with Crippen molar-refractivity contribution >= 4 is 66.4 Å². The van der Waals surface area contributed by atoms with Crippen molar-refractivity contribution in [2.75, 3.05) is 10.6 Å². The molecule has 454 valence electrons. The van der Waals surface area contributed by atoms with Gasteiger partial charge in [0.1, 0.15) is 0 Å². The average Bonchev–Trinajstić information content (AvgIpc) is 1.06. The molecule has 0 spiro atoms. The predicted molar refractivity (Wildman–Crippen MR) is 397 cm³/mol. The van der Waals surface area contributed by atoms with Crippen LogP contribution in [0.2, 0.25) is 0 Å². The second kappa shape index (κ2) is 23.0. The highest BCUT2D eigenvalue weighted by Gasteiger charge is 2.30. The zero-order valence-electron chi connectivity index (χ0n) is 55.3. The standard InChI is InChI=1S/C88H82N4/c1-85(2,3)60-48-58(49-61(52-60)86(4,5)6)68-36-16-18-42-74(68)83-76(89-64-32-28-34-66(54-64)91-78-44-24-20-38-70(78)71-39-21-25-45-79(71)91)56-77(90-65-33-29-35-67(55-65)92-80-46-26-22-40-72(80)73-41-23-27-47-81(73)92)84(82(83)57-30-14-13-15-31-57)75-43-19-17-37-69(75)59-50-62(87(7,8)9)53-63(51-59)88(10,11)12/h13-56,89-90H,1-12H3. The maximum atomic E-state index is 4.25. The summed E-state index contributed by atoms with van der Waals surface area (Å²) in [6.45, 7) is 28.0. The van der Waals surface area contributed by atoms with E-state index in [4.69, 9.17) is 0 Å². The lowest BCUT2D eigenvalue weighted by molar-refractivity contribution is 0.568. The molecule has 0 saturated carbocycles. The van der Waals surface area contributed by atoms with Crippen molar-refractivity contribution in [3.05, 3.63) is 289 Å². The number of nitrogens with zero attached hydrogens (tertiary/aromatic N) is 2. The smallest absolute Gasteiger partial charge is 0.0541 e. The Labute approximate surface area is 543 Å². The molecule has 0 unspecified atom stereocenters. The highest BCUT2D eigenvalue weighted by atomic mass is 15.0. The highest BCUT2D eigenvalue weighted by molar-refractivity contribution is 6.13. The van der Waals surface area contributed by atoms with Crippen LogP contribution in [0.3, 0.4) is 0 Å². The molecule has 4 nitrogen and oxygen atoms in total. The van der Waals surface area contributed by atoms with Gasteiger partial charge in [0.15, 0.2) is 0 Å². The molecule has 14 rings (SSSR count). The van der Waals surface area contributed by atoms with Crippen LogP contribution in [0.25, 0.3) is 111 Å². The first-order valence-electron chi connectivity index (χ1n) is 32.7. The minimum atomic E-state index is -0.103. The number of nitrogens with one attached hydrogen (secondary N) is 2. The summed E-state index contributed by atoms with van der Waals surface area (Å²) in [6, 6.07) is 99.5. The summed E-state index contributed by atoms with van der Waals surface area (Å²) in [6.07, 6.45) is 0. The van der Waals surface area contributed by atoms with Gasteiger partial charge in [0.25, 0.3) is 0 Å². The summed E-state index contributed by atoms with van der Waals surface area (Å²) >= 11 is 0. The Morgan fingerprint density at radius 2 is 0.543 bits per heavy atom. The van der Waals surface area contributed by atoms with Gasteiger partial charge in [0, 0.05) is 72.4 Å². The van der Waals surface area contributed by atoms with Crippen molar-refractivity contribution in [1.29, 1.82) is 0 Å². The van der Waals surface area contributed by atoms with Gasteiger partial charge in [-0.25, -0.2) is 0 Å². The molecule has 0 radical (unpaired) electrons. The predicted octanol–water partition coefficient (Wildman–Crippen LogP) is 24.9. The maximum absolute atomic E-state index is 4.25. The number of hydrogen-bond donors (Lipinski definition) is 2. The van der Waals surface area contributed by atoms with E-state index in [9.17, 15) is 0 Å². The maximum Gasteiger partial charge on any atom is 0.0541 e. The molecule has 0 aliphatic rings. The van der Waals surface area contributed by atoms with E-state index in [1.165, 1.54) is 77.0 Å². The molecule has 0 saturated heterocycles. The molecule has 4 heteroatoms. The first-order chi connectivity index (χ1) is 44.2.